The van der Waals surface area contributed by atoms with Crippen LogP contribution in [0.1, 0.15) is 23.0 Å². The number of nitrogens with zero attached hydrogens (tertiary/aromatic N) is 3. The molecule has 0 radical (unpaired) electrons. The molecule has 0 fully saturated rings. The highest BCUT2D eigenvalue weighted by atomic mass is 32.1. The SMILES string of the molecule is CCOc1ccc2nc(N(Cc3ccccn3)C(=O)c3ccc(-c4ccccc4)cc3)sc2c1. The second-order valence-corrected chi connectivity index (χ2v) is 8.72. The minimum atomic E-state index is -0.116. The first-order valence-electron chi connectivity index (χ1n) is 11.1. The van der Waals surface area contributed by atoms with Crippen molar-refractivity contribution in [2.24, 2.45) is 0 Å². The molecule has 0 N–H and O–H groups in total. The highest BCUT2D eigenvalue weighted by Gasteiger charge is 2.22. The molecule has 5 nitrogen and oxygen atoms in total. The number of pyridine rings is 1. The summed E-state index contributed by atoms with van der Waals surface area (Å²) in [5, 5.41) is 0.631. The van der Waals surface area contributed by atoms with Crippen LogP contribution in [0.4, 0.5) is 5.13 Å². The van der Waals surface area contributed by atoms with E-state index in [0.717, 1.165) is 32.8 Å². The number of hydrogen-bond acceptors (Lipinski definition) is 5. The largest absolute Gasteiger partial charge is 0.494 e. The lowest BCUT2D eigenvalue weighted by molar-refractivity contribution is 0.0985. The van der Waals surface area contributed by atoms with Crippen molar-refractivity contribution in [2.45, 2.75) is 13.5 Å². The smallest absolute Gasteiger partial charge is 0.260 e. The van der Waals surface area contributed by atoms with Gasteiger partial charge in [0.25, 0.3) is 5.91 Å². The number of aromatic nitrogens is 2. The number of ether oxygens (including phenoxy) is 1. The number of anilines is 1. The summed E-state index contributed by atoms with van der Waals surface area (Å²) in [5.41, 5.74) is 4.41. The third-order valence-corrected chi connectivity index (χ3v) is 6.46. The predicted molar refractivity (Wildman–Crippen MR) is 137 cm³/mol. The van der Waals surface area contributed by atoms with E-state index in [1.165, 1.54) is 11.3 Å². The average Bonchev–Trinajstić information content (AvgIpc) is 3.31. The molecule has 2 aromatic heterocycles. The third-order valence-electron chi connectivity index (χ3n) is 5.42. The lowest BCUT2D eigenvalue weighted by Crippen LogP contribution is -2.30. The Morgan fingerprint density at radius 3 is 2.41 bits per heavy atom. The van der Waals surface area contributed by atoms with Crippen molar-refractivity contribution in [3.8, 4) is 16.9 Å². The minimum absolute atomic E-state index is 0.116. The van der Waals surface area contributed by atoms with Gasteiger partial charge in [-0.25, -0.2) is 4.98 Å². The van der Waals surface area contributed by atoms with E-state index in [4.69, 9.17) is 9.72 Å². The normalized spacial score (nSPS) is 10.9. The van der Waals surface area contributed by atoms with E-state index in [1.54, 1.807) is 11.1 Å². The van der Waals surface area contributed by atoms with Crippen LogP contribution in [-0.4, -0.2) is 22.5 Å². The number of hydrogen-bond donors (Lipinski definition) is 0. The first-order valence-corrected chi connectivity index (χ1v) is 11.9. The van der Waals surface area contributed by atoms with Crippen molar-refractivity contribution in [1.82, 2.24) is 9.97 Å². The van der Waals surface area contributed by atoms with Crippen LogP contribution in [0, 0.1) is 0 Å². The predicted octanol–water partition coefficient (Wildman–Crippen LogP) is 6.60. The summed E-state index contributed by atoms with van der Waals surface area (Å²) < 4.78 is 6.60. The van der Waals surface area contributed by atoms with E-state index < -0.39 is 0 Å². The fraction of sp³-hybridized carbons (Fsp3) is 0.107. The Bertz CT molecular complexity index is 1400. The Morgan fingerprint density at radius 2 is 1.68 bits per heavy atom. The number of carbonyl (C=O) groups excluding carboxylic acids is 1. The molecular weight excluding hydrogens is 442 g/mol. The van der Waals surface area contributed by atoms with Crippen molar-refractivity contribution in [2.75, 3.05) is 11.5 Å². The van der Waals surface area contributed by atoms with Crippen LogP contribution < -0.4 is 9.64 Å². The molecule has 0 aliphatic carbocycles. The van der Waals surface area contributed by atoms with Crippen LogP contribution in [0.2, 0.25) is 0 Å². The van der Waals surface area contributed by atoms with Gasteiger partial charge < -0.3 is 4.74 Å². The molecule has 0 unspecified atom stereocenters. The van der Waals surface area contributed by atoms with E-state index in [9.17, 15) is 4.79 Å². The van der Waals surface area contributed by atoms with E-state index in [1.807, 2.05) is 85.8 Å². The number of thiazole rings is 1. The van der Waals surface area contributed by atoms with Crippen LogP contribution in [0.25, 0.3) is 21.3 Å². The molecule has 1 amide bonds. The second-order valence-electron chi connectivity index (χ2n) is 7.71. The molecule has 5 aromatic rings. The van der Waals surface area contributed by atoms with E-state index in [2.05, 4.69) is 17.1 Å². The van der Waals surface area contributed by atoms with Gasteiger partial charge in [0.15, 0.2) is 5.13 Å². The third kappa shape index (κ3) is 4.67. The van der Waals surface area contributed by atoms with Gasteiger partial charge in [-0.3, -0.25) is 14.7 Å². The maximum atomic E-state index is 13.7. The quantitative estimate of drug-likeness (QED) is 0.272. The van der Waals surface area contributed by atoms with Crippen molar-refractivity contribution >= 4 is 32.6 Å². The van der Waals surface area contributed by atoms with Crippen molar-refractivity contribution in [1.29, 1.82) is 0 Å². The Morgan fingerprint density at radius 1 is 0.912 bits per heavy atom. The standard InChI is InChI=1S/C28H23N3O2S/c1-2-33-24-15-16-25-26(18-24)34-28(30-25)31(19-23-10-6-7-17-29-23)27(32)22-13-11-21(12-14-22)20-8-4-3-5-9-20/h3-18H,2,19H2,1H3. The van der Waals surface area contributed by atoms with Crippen molar-refractivity contribution in [3.05, 3.63) is 108 Å². The first kappa shape index (κ1) is 21.8. The highest BCUT2D eigenvalue weighted by Crippen LogP contribution is 2.33. The van der Waals surface area contributed by atoms with Gasteiger partial charge >= 0.3 is 0 Å². The Kier molecular flexibility index (Phi) is 6.31. The number of benzene rings is 3. The van der Waals surface area contributed by atoms with Gasteiger partial charge in [-0.2, -0.15) is 0 Å². The zero-order valence-electron chi connectivity index (χ0n) is 18.7. The molecule has 0 aliphatic heterocycles. The van der Waals surface area contributed by atoms with E-state index in [0.29, 0.717) is 23.8 Å². The molecule has 0 saturated heterocycles. The molecule has 168 valence electrons. The fourth-order valence-electron chi connectivity index (χ4n) is 3.74. The molecule has 6 heteroatoms. The molecule has 0 bridgehead atoms. The van der Waals surface area contributed by atoms with Gasteiger partial charge in [0.2, 0.25) is 0 Å². The van der Waals surface area contributed by atoms with Gasteiger partial charge in [-0.1, -0.05) is 59.9 Å². The molecule has 3 aromatic carbocycles. The molecule has 0 atom stereocenters. The van der Waals surface area contributed by atoms with Crippen LogP contribution >= 0.6 is 11.3 Å². The molecular formula is C28H23N3O2S. The molecule has 2 heterocycles. The monoisotopic (exact) mass is 465 g/mol. The maximum Gasteiger partial charge on any atom is 0.260 e. The number of amides is 1. The molecule has 0 spiro atoms. The van der Waals surface area contributed by atoms with Crippen molar-refractivity contribution < 1.29 is 9.53 Å². The Hall–Kier alpha value is -4.03. The van der Waals surface area contributed by atoms with E-state index in [-0.39, 0.29) is 5.91 Å². The van der Waals surface area contributed by atoms with E-state index >= 15 is 0 Å². The average molecular weight is 466 g/mol. The zero-order valence-corrected chi connectivity index (χ0v) is 19.5. The minimum Gasteiger partial charge on any atom is -0.494 e. The fourth-order valence-corrected chi connectivity index (χ4v) is 4.73. The summed E-state index contributed by atoms with van der Waals surface area (Å²) in [6.07, 6.45) is 1.74. The Balaban J connectivity index is 1.49. The number of rotatable bonds is 7. The summed E-state index contributed by atoms with van der Waals surface area (Å²) in [5.74, 6) is 0.679. The highest BCUT2D eigenvalue weighted by molar-refractivity contribution is 7.22. The van der Waals surface area contributed by atoms with Gasteiger partial charge in [-0.05, 0) is 60.5 Å². The van der Waals surface area contributed by atoms with Gasteiger partial charge in [0.05, 0.1) is 29.1 Å². The number of carbonyl (C=O) groups is 1. The first-order chi connectivity index (χ1) is 16.7. The molecule has 34 heavy (non-hydrogen) atoms. The Labute approximate surface area is 202 Å². The van der Waals surface area contributed by atoms with Gasteiger partial charge in [0, 0.05) is 11.8 Å². The lowest BCUT2D eigenvalue weighted by atomic mass is 10.0. The summed E-state index contributed by atoms with van der Waals surface area (Å²) in [7, 11) is 0. The molecule has 0 aliphatic rings. The molecule has 0 saturated carbocycles. The van der Waals surface area contributed by atoms with Crippen LogP contribution in [0.5, 0.6) is 5.75 Å². The summed E-state index contributed by atoms with van der Waals surface area (Å²) in [4.78, 5) is 24.6. The second kappa shape index (κ2) is 9.85. The summed E-state index contributed by atoms with van der Waals surface area (Å²) in [6, 6.07) is 29.3. The van der Waals surface area contributed by atoms with Gasteiger partial charge in [-0.15, -0.1) is 0 Å². The van der Waals surface area contributed by atoms with Crippen molar-refractivity contribution in [3.63, 3.8) is 0 Å². The van der Waals surface area contributed by atoms with Crippen LogP contribution in [0.15, 0.2) is 97.2 Å². The maximum absolute atomic E-state index is 13.7. The van der Waals surface area contributed by atoms with Crippen LogP contribution in [-0.2, 0) is 6.54 Å². The zero-order chi connectivity index (χ0) is 23.3. The summed E-state index contributed by atoms with van der Waals surface area (Å²) in [6.45, 7) is 2.89. The molecule has 5 rings (SSSR count). The lowest BCUT2D eigenvalue weighted by Gasteiger charge is -2.20. The number of fused-ring (bicyclic) bond motifs is 1. The van der Waals surface area contributed by atoms with Gasteiger partial charge in [0.1, 0.15) is 5.75 Å². The van der Waals surface area contributed by atoms with Crippen LogP contribution in [0.3, 0.4) is 0 Å². The topological polar surface area (TPSA) is 55.3 Å². The summed E-state index contributed by atoms with van der Waals surface area (Å²) >= 11 is 1.47.